The molecular weight excluding hydrogens is 406 g/mol. The highest BCUT2D eigenvalue weighted by molar-refractivity contribution is 5.97. The first-order valence-electron chi connectivity index (χ1n) is 11.0. The summed E-state index contributed by atoms with van der Waals surface area (Å²) in [4.78, 5) is 23.0. The van der Waals surface area contributed by atoms with E-state index in [1.54, 1.807) is 18.2 Å². The molecule has 1 fully saturated rings. The fourth-order valence-electron chi connectivity index (χ4n) is 4.02. The third kappa shape index (κ3) is 4.61. The molecule has 2 aromatic heterocycles. The van der Waals surface area contributed by atoms with Gasteiger partial charge >= 0.3 is 6.09 Å². The number of hydrogen-bond donors (Lipinski definition) is 0. The van der Waals surface area contributed by atoms with Crippen molar-refractivity contribution in [1.29, 1.82) is 0 Å². The fraction of sp³-hybridized carbons (Fsp3) is 0.400. The van der Waals surface area contributed by atoms with Gasteiger partial charge in [0.2, 0.25) is 5.88 Å². The van der Waals surface area contributed by atoms with Crippen LogP contribution in [0.5, 0.6) is 11.6 Å². The first-order valence-corrected chi connectivity index (χ1v) is 11.0. The van der Waals surface area contributed by atoms with E-state index in [9.17, 15) is 4.79 Å². The molecule has 1 aliphatic heterocycles. The van der Waals surface area contributed by atoms with E-state index < -0.39 is 0 Å². The lowest BCUT2D eigenvalue weighted by Gasteiger charge is -2.32. The highest BCUT2D eigenvalue weighted by atomic mass is 16.6. The normalized spacial score (nSPS) is 14.6. The molecule has 3 aromatic rings. The minimum Gasteiger partial charge on any atom is -0.490 e. The maximum atomic E-state index is 12.1. The molecule has 32 heavy (non-hydrogen) atoms. The number of carbonyl (C=O) groups excluding carboxylic acids is 1. The van der Waals surface area contributed by atoms with Gasteiger partial charge in [-0.2, -0.15) is 0 Å². The summed E-state index contributed by atoms with van der Waals surface area (Å²) < 4.78 is 16.9. The summed E-state index contributed by atoms with van der Waals surface area (Å²) >= 11 is 0. The van der Waals surface area contributed by atoms with Gasteiger partial charge in [-0.25, -0.2) is 9.78 Å². The zero-order valence-electron chi connectivity index (χ0n) is 19.0. The molecule has 0 aliphatic carbocycles. The quantitative estimate of drug-likeness (QED) is 0.561. The Hall–Kier alpha value is -3.35. The van der Waals surface area contributed by atoms with Gasteiger partial charge in [0.15, 0.2) is 0 Å². The number of ether oxygens (including phenoxy) is 3. The van der Waals surface area contributed by atoms with Crippen LogP contribution in [0.4, 0.5) is 4.79 Å². The molecule has 1 amide bonds. The van der Waals surface area contributed by atoms with Crippen molar-refractivity contribution in [2.45, 2.75) is 45.8 Å². The van der Waals surface area contributed by atoms with Gasteiger partial charge in [0.05, 0.1) is 18.7 Å². The monoisotopic (exact) mass is 435 g/mol. The van der Waals surface area contributed by atoms with E-state index in [2.05, 4.69) is 16.0 Å². The van der Waals surface area contributed by atoms with Crippen molar-refractivity contribution in [3.8, 4) is 22.8 Å². The van der Waals surface area contributed by atoms with E-state index in [4.69, 9.17) is 14.2 Å². The van der Waals surface area contributed by atoms with Crippen molar-refractivity contribution >= 4 is 17.0 Å². The van der Waals surface area contributed by atoms with Gasteiger partial charge in [0.25, 0.3) is 0 Å². The van der Waals surface area contributed by atoms with Crippen LogP contribution in [-0.2, 0) is 4.74 Å². The van der Waals surface area contributed by atoms with Gasteiger partial charge in [-0.3, -0.25) is 4.98 Å². The Morgan fingerprint density at radius 2 is 1.88 bits per heavy atom. The molecule has 7 nitrogen and oxygen atoms in total. The van der Waals surface area contributed by atoms with Gasteiger partial charge < -0.3 is 19.1 Å². The average molecular weight is 436 g/mol. The van der Waals surface area contributed by atoms with Crippen LogP contribution in [0.2, 0.25) is 0 Å². The van der Waals surface area contributed by atoms with Crippen molar-refractivity contribution in [1.82, 2.24) is 14.9 Å². The number of pyridine rings is 2. The predicted octanol–water partition coefficient (Wildman–Crippen LogP) is 5.00. The Morgan fingerprint density at radius 3 is 2.56 bits per heavy atom. The summed E-state index contributed by atoms with van der Waals surface area (Å²) in [5.41, 5.74) is 3.77. The van der Waals surface area contributed by atoms with Gasteiger partial charge in [0, 0.05) is 60.4 Å². The number of aromatic nitrogens is 2. The van der Waals surface area contributed by atoms with Crippen LogP contribution in [0.3, 0.4) is 0 Å². The summed E-state index contributed by atoms with van der Waals surface area (Å²) in [5, 5.41) is 0.960. The second-order valence-electron chi connectivity index (χ2n) is 8.23. The number of benzene rings is 1. The minimum atomic E-state index is -0.249. The zero-order valence-corrected chi connectivity index (χ0v) is 19.0. The van der Waals surface area contributed by atoms with Gasteiger partial charge in [-0.05, 0) is 39.0 Å². The first kappa shape index (κ1) is 21.9. The molecule has 0 saturated carbocycles. The fourth-order valence-corrected chi connectivity index (χ4v) is 4.02. The lowest BCUT2D eigenvalue weighted by Crippen LogP contribution is -2.42. The van der Waals surface area contributed by atoms with Crippen LogP contribution in [-0.4, -0.2) is 53.4 Å². The molecule has 4 rings (SSSR count). The van der Waals surface area contributed by atoms with Crippen molar-refractivity contribution in [2.24, 2.45) is 0 Å². The number of hydrogen-bond acceptors (Lipinski definition) is 6. The Bertz CT molecular complexity index is 1110. The van der Waals surface area contributed by atoms with E-state index in [1.165, 1.54) is 0 Å². The standard InChI is InChI=1S/C25H29N3O4/c1-16(2)31-25(29)28-14-11-18(12-15-28)32-22-10-13-26-24-20(6-5-7-21(22)24)19-8-9-23(30-4)27-17(19)3/h5-10,13,16,18H,11-12,14-15H2,1-4H3. The molecule has 0 unspecified atom stereocenters. The van der Waals surface area contributed by atoms with Crippen LogP contribution in [0.25, 0.3) is 22.0 Å². The molecule has 1 saturated heterocycles. The third-order valence-electron chi connectivity index (χ3n) is 5.62. The number of rotatable bonds is 5. The van der Waals surface area contributed by atoms with Gasteiger partial charge in [-0.15, -0.1) is 0 Å². The van der Waals surface area contributed by atoms with Crippen LogP contribution >= 0.6 is 0 Å². The second kappa shape index (κ2) is 9.42. The van der Waals surface area contributed by atoms with Crippen LogP contribution in [0.15, 0.2) is 42.6 Å². The van der Waals surface area contributed by atoms with Gasteiger partial charge in [0.1, 0.15) is 11.9 Å². The molecule has 0 bridgehead atoms. The number of fused-ring (bicyclic) bond motifs is 1. The van der Waals surface area contributed by atoms with Crippen molar-refractivity contribution < 1.29 is 19.0 Å². The van der Waals surface area contributed by atoms with Crippen LogP contribution in [0, 0.1) is 6.92 Å². The highest BCUT2D eigenvalue weighted by Gasteiger charge is 2.26. The number of nitrogens with zero attached hydrogens (tertiary/aromatic N) is 3. The van der Waals surface area contributed by atoms with Gasteiger partial charge in [-0.1, -0.05) is 12.1 Å². The third-order valence-corrected chi connectivity index (χ3v) is 5.62. The molecule has 0 radical (unpaired) electrons. The van der Waals surface area contributed by atoms with E-state index in [-0.39, 0.29) is 18.3 Å². The number of para-hydroxylation sites is 1. The maximum Gasteiger partial charge on any atom is 0.410 e. The summed E-state index contributed by atoms with van der Waals surface area (Å²) in [6, 6.07) is 11.9. The minimum absolute atomic E-state index is 0.0387. The summed E-state index contributed by atoms with van der Waals surface area (Å²) in [7, 11) is 1.61. The molecule has 7 heteroatoms. The number of aryl methyl sites for hydroxylation is 1. The Balaban J connectivity index is 1.54. The van der Waals surface area contributed by atoms with E-state index in [1.807, 2.05) is 51.1 Å². The summed E-state index contributed by atoms with van der Waals surface area (Å²) in [6.07, 6.45) is 2.98. The lowest BCUT2D eigenvalue weighted by molar-refractivity contribution is 0.0520. The molecule has 168 valence electrons. The van der Waals surface area contributed by atoms with Crippen LogP contribution < -0.4 is 9.47 Å². The number of carbonyl (C=O) groups is 1. The topological polar surface area (TPSA) is 73.8 Å². The molecule has 1 aliphatic rings. The number of piperidine rings is 1. The van der Waals surface area contributed by atoms with Crippen molar-refractivity contribution in [2.75, 3.05) is 20.2 Å². The Kier molecular flexibility index (Phi) is 6.44. The number of amides is 1. The molecular formula is C25H29N3O4. The van der Waals surface area contributed by atoms with Crippen molar-refractivity contribution in [3.05, 3.63) is 48.3 Å². The highest BCUT2D eigenvalue weighted by Crippen LogP contribution is 2.34. The van der Waals surface area contributed by atoms with E-state index >= 15 is 0 Å². The van der Waals surface area contributed by atoms with Crippen molar-refractivity contribution in [3.63, 3.8) is 0 Å². The molecule has 0 spiro atoms. The molecule has 0 atom stereocenters. The summed E-state index contributed by atoms with van der Waals surface area (Å²) in [5.74, 6) is 1.39. The molecule has 1 aromatic carbocycles. The number of likely N-dealkylation sites (tertiary alicyclic amines) is 1. The second-order valence-corrected chi connectivity index (χ2v) is 8.23. The largest absolute Gasteiger partial charge is 0.490 e. The Morgan fingerprint density at radius 1 is 1.09 bits per heavy atom. The Labute approximate surface area is 188 Å². The SMILES string of the molecule is COc1ccc(-c2cccc3c(OC4CCN(C(=O)OC(C)C)CC4)ccnc23)c(C)n1. The molecule has 0 N–H and O–H groups in total. The van der Waals surface area contributed by atoms with E-state index in [0.717, 1.165) is 46.3 Å². The molecule has 3 heterocycles. The van der Waals surface area contributed by atoms with E-state index in [0.29, 0.717) is 19.0 Å². The average Bonchev–Trinajstić information content (AvgIpc) is 2.79. The maximum absolute atomic E-state index is 12.1. The zero-order chi connectivity index (χ0) is 22.7. The summed E-state index contributed by atoms with van der Waals surface area (Å²) in [6.45, 7) is 6.94. The smallest absolute Gasteiger partial charge is 0.410 e. The first-order chi connectivity index (χ1) is 15.5. The predicted molar refractivity (Wildman–Crippen MR) is 123 cm³/mol. The van der Waals surface area contributed by atoms with Crippen LogP contribution in [0.1, 0.15) is 32.4 Å². The lowest BCUT2D eigenvalue weighted by atomic mass is 10.0. The number of methoxy groups -OCH3 is 1.